The van der Waals surface area contributed by atoms with Gasteiger partial charge < -0.3 is 10.2 Å². The van der Waals surface area contributed by atoms with E-state index in [2.05, 4.69) is 5.32 Å². The fourth-order valence-electron chi connectivity index (χ4n) is 2.79. The minimum Gasteiger partial charge on any atom is -0.473 e. The number of halogens is 3. The van der Waals surface area contributed by atoms with Gasteiger partial charge in [0.2, 0.25) is 0 Å². The van der Waals surface area contributed by atoms with Crippen LogP contribution < -0.4 is 5.32 Å². The van der Waals surface area contributed by atoms with Gasteiger partial charge >= 0.3 is 11.9 Å². The van der Waals surface area contributed by atoms with Gasteiger partial charge in [-0.1, -0.05) is 48.0 Å². The third-order valence-corrected chi connectivity index (χ3v) is 4.63. The van der Waals surface area contributed by atoms with Gasteiger partial charge in [-0.15, -0.1) is 0 Å². The fourth-order valence-corrected chi connectivity index (χ4v) is 2.92. The smallest absolute Gasteiger partial charge is 0.414 e. The SMILES string of the molecule is CC(NC(c1ccc(F)cc1)c1ccc(F)cc1)c1ccc(Cl)cc1.O=C(O)C(=O)O. The molecule has 3 aromatic carbocycles. The van der Waals surface area contributed by atoms with Crippen LogP contribution in [-0.2, 0) is 9.59 Å². The van der Waals surface area contributed by atoms with Crippen LogP contribution in [0.3, 0.4) is 0 Å². The summed E-state index contributed by atoms with van der Waals surface area (Å²) in [6.07, 6.45) is 0. The molecule has 0 heterocycles. The summed E-state index contributed by atoms with van der Waals surface area (Å²) >= 11 is 5.95. The summed E-state index contributed by atoms with van der Waals surface area (Å²) < 4.78 is 26.6. The van der Waals surface area contributed by atoms with Gasteiger partial charge in [-0.3, -0.25) is 5.32 Å². The Bertz CT molecular complexity index is 952. The first-order valence-corrected chi connectivity index (χ1v) is 9.54. The maximum atomic E-state index is 13.3. The van der Waals surface area contributed by atoms with E-state index in [-0.39, 0.29) is 23.7 Å². The topological polar surface area (TPSA) is 86.6 Å². The molecule has 162 valence electrons. The van der Waals surface area contributed by atoms with Crippen LogP contribution in [0.25, 0.3) is 0 Å². The average Bonchev–Trinajstić information content (AvgIpc) is 2.74. The molecule has 0 aromatic heterocycles. The van der Waals surface area contributed by atoms with E-state index in [0.29, 0.717) is 5.02 Å². The summed E-state index contributed by atoms with van der Waals surface area (Å²) in [4.78, 5) is 18.2. The zero-order chi connectivity index (χ0) is 23.0. The number of nitrogens with one attached hydrogen (secondary N) is 1. The predicted octanol–water partition coefficient (Wildman–Crippen LogP) is 5.21. The predicted molar refractivity (Wildman–Crippen MR) is 113 cm³/mol. The molecule has 3 aromatic rings. The Kier molecular flexibility index (Phi) is 8.66. The van der Waals surface area contributed by atoms with Gasteiger partial charge in [0.1, 0.15) is 11.6 Å². The van der Waals surface area contributed by atoms with Crippen molar-refractivity contribution in [2.45, 2.75) is 19.0 Å². The standard InChI is InChI=1S/C21H18ClF2N.C2H2O4/c1-14(15-2-8-18(22)9-3-15)25-21(16-4-10-19(23)11-5-16)17-6-12-20(24)13-7-17;3-1(4)2(5)6/h2-14,21,25H,1H3;(H,3,4)(H,5,6). The van der Waals surface area contributed by atoms with Crippen LogP contribution in [-0.4, -0.2) is 22.2 Å². The van der Waals surface area contributed by atoms with Crippen LogP contribution in [0.1, 0.15) is 35.7 Å². The van der Waals surface area contributed by atoms with Gasteiger partial charge in [0.15, 0.2) is 0 Å². The van der Waals surface area contributed by atoms with E-state index < -0.39 is 11.9 Å². The van der Waals surface area contributed by atoms with Crippen molar-refractivity contribution in [3.63, 3.8) is 0 Å². The number of carboxylic acids is 2. The van der Waals surface area contributed by atoms with Crippen LogP contribution >= 0.6 is 11.6 Å². The molecule has 0 aliphatic heterocycles. The highest BCUT2D eigenvalue weighted by Crippen LogP contribution is 2.27. The minimum atomic E-state index is -1.82. The van der Waals surface area contributed by atoms with Gasteiger partial charge in [-0.05, 0) is 60.0 Å². The molecule has 0 radical (unpaired) electrons. The largest absolute Gasteiger partial charge is 0.473 e. The number of hydrogen-bond donors (Lipinski definition) is 3. The van der Waals surface area contributed by atoms with E-state index in [1.54, 1.807) is 24.3 Å². The summed E-state index contributed by atoms with van der Waals surface area (Å²) in [7, 11) is 0. The number of carbonyl (C=O) groups is 2. The number of benzene rings is 3. The Morgan fingerprint density at radius 1 is 0.742 bits per heavy atom. The molecule has 0 bridgehead atoms. The molecule has 0 saturated heterocycles. The third kappa shape index (κ3) is 7.47. The molecule has 0 fully saturated rings. The number of rotatable bonds is 5. The van der Waals surface area contributed by atoms with Crippen molar-refractivity contribution in [1.82, 2.24) is 5.32 Å². The number of hydrogen-bond acceptors (Lipinski definition) is 3. The van der Waals surface area contributed by atoms with Gasteiger partial charge in [0.05, 0.1) is 6.04 Å². The zero-order valence-electron chi connectivity index (χ0n) is 16.4. The maximum Gasteiger partial charge on any atom is 0.414 e. The molecule has 8 heteroatoms. The molecular formula is C23H20ClF2NO4. The lowest BCUT2D eigenvalue weighted by atomic mass is 9.96. The van der Waals surface area contributed by atoms with Crippen molar-refractivity contribution in [3.8, 4) is 0 Å². The Labute approximate surface area is 182 Å². The quantitative estimate of drug-likeness (QED) is 0.467. The Hall–Kier alpha value is -3.29. The second-order valence-corrected chi connectivity index (χ2v) is 7.02. The number of aliphatic carboxylic acids is 2. The zero-order valence-corrected chi connectivity index (χ0v) is 17.2. The fraction of sp³-hybridized carbons (Fsp3) is 0.130. The first-order valence-electron chi connectivity index (χ1n) is 9.16. The third-order valence-electron chi connectivity index (χ3n) is 4.38. The van der Waals surface area contributed by atoms with Gasteiger partial charge in [0, 0.05) is 11.1 Å². The highest BCUT2D eigenvalue weighted by Gasteiger charge is 2.18. The lowest BCUT2D eigenvalue weighted by Gasteiger charge is -2.25. The maximum absolute atomic E-state index is 13.3. The molecule has 0 spiro atoms. The van der Waals surface area contributed by atoms with Crippen molar-refractivity contribution in [3.05, 3.63) is 106 Å². The highest BCUT2D eigenvalue weighted by atomic mass is 35.5. The average molecular weight is 448 g/mol. The molecule has 1 atom stereocenters. The molecule has 0 saturated carbocycles. The van der Waals surface area contributed by atoms with Crippen LogP contribution in [0.2, 0.25) is 5.02 Å². The van der Waals surface area contributed by atoms with E-state index in [1.165, 1.54) is 24.3 Å². The molecule has 0 aliphatic carbocycles. The highest BCUT2D eigenvalue weighted by molar-refractivity contribution is 6.30. The summed E-state index contributed by atoms with van der Waals surface area (Å²) in [6.45, 7) is 2.04. The summed E-state index contributed by atoms with van der Waals surface area (Å²) in [5, 5.41) is 19.0. The van der Waals surface area contributed by atoms with E-state index in [9.17, 15) is 8.78 Å². The van der Waals surface area contributed by atoms with Crippen LogP contribution in [0.15, 0.2) is 72.8 Å². The van der Waals surface area contributed by atoms with Crippen molar-refractivity contribution >= 4 is 23.5 Å². The monoisotopic (exact) mass is 447 g/mol. The van der Waals surface area contributed by atoms with Gasteiger partial charge in [0.25, 0.3) is 0 Å². The second kappa shape index (κ2) is 11.2. The van der Waals surface area contributed by atoms with Crippen LogP contribution in [0, 0.1) is 11.6 Å². The Balaban J connectivity index is 0.000000501. The summed E-state index contributed by atoms with van der Waals surface area (Å²) in [5.41, 5.74) is 2.90. The van der Waals surface area contributed by atoms with Crippen molar-refractivity contribution in [2.24, 2.45) is 0 Å². The summed E-state index contributed by atoms with van der Waals surface area (Å²) in [6, 6.07) is 20.1. The van der Waals surface area contributed by atoms with Gasteiger partial charge in [-0.2, -0.15) is 0 Å². The molecule has 3 N–H and O–H groups in total. The second-order valence-electron chi connectivity index (χ2n) is 6.59. The van der Waals surface area contributed by atoms with Crippen molar-refractivity contribution in [1.29, 1.82) is 0 Å². The Morgan fingerprint density at radius 3 is 1.45 bits per heavy atom. The molecule has 31 heavy (non-hydrogen) atoms. The van der Waals surface area contributed by atoms with Crippen molar-refractivity contribution in [2.75, 3.05) is 0 Å². The summed E-state index contributed by atoms with van der Waals surface area (Å²) in [5.74, 6) is -4.22. The van der Waals surface area contributed by atoms with Crippen LogP contribution in [0.4, 0.5) is 8.78 Å². The van der Waals surface area contributed by atoms with E-state index in [4.69, 9.17) is 31.4 Å². The minimum absolute atomic E-state index is 0.0253. The lowest BCUT2D eigenvalue weighted by molar-refractivity contribution is -0.159. The molecule has 0 aliphatic rings. The van der Waals surface area contributed by atoms with E-state index >= 15 is 0 Å². The normalized spacial score (nSPS) is 11.4. The van der Waals surface area contributed by atoms with E-state index in [1.807, 2.05) is 31.2 Å². The van der Waals surface area contributed by atoms with Gasteiger partial charge in [-0.25, -0.2) is 18.4 Å². The molecule has 1 unspecified atom stereocenters. The van der Waals surface area contributed by atoms with E-state index in [0.717, 1.165) is 16.7 Å². The lowest BCUT2D eigenvalue weighted by Crippen LogP contribution is -2.25. The Morgan fingerprint density at radius 2 is 1.10 bits per heavy atom. The molecule has 5 nitrogen and oxygen atoms in total. The first kappa shape index (κ1) is 24.0. The van der Waals surface area contributed by atoms with Crippen molar-refractivity contribution < 1.29 is 28.6 Å². The molecule has 3 rings (SSSR count). The number of carboxylic acid groups (broad SMARTS) is 2. The van der Waals surface area contributed by atoms with Crippen LogP contribution in [0.5, 0.6) is 0 Å². The molecule has 0 amide bonds. The molecular weight excluding hydrogens is 428 g/mol. The first-order chi connectivity index (χ1) is 14.7.